The van der Waals surface area contributed by atoms with Gasteiger partial charge in [-0.3, -0.25) is 0 Å². The van der Waals surface area contributed by atoms with Gasteiger partial charge in [0.2, 0.25) is 0 Å². The van der Waals surface area contributed by atoms with Crippen molar-refractivity contribution in [1.82, 2.24) is 5.32 Å². The van der Waals surface area contributed by atoms with Crippen LogP contribution in [0.25, 0.3) is 0 Å². The van der Waals surface area contributed by atoms with Gasteiger partial charge in [-0.2, -0.15) is 0 Å². The highest BCUT2D eigenvalue weighted by atomic mass is 15.2. The van der Waals surface area contributed by atoms with Crippen LogP contribution in [0.5, 0.6) is 0 Å². The molecule has 0 atom stereocenters. The fraction of sp³-hybridized carbons (Fsp3) is 0.500. The summed E-state index contributed by atoms with van der Waals surface area (Å²) in [5.74, 6) is 0. The second-order valence-electron chi connectivity index (χ2n) is 4.07. The van der Waals surface area contributed by atoms with Crippen LogP contribution in [0.1, 0.15) is 0 Å². The van der Waals surface area contributed by atoms with Crippen molar-refractivity contribution in [3.8, 4) is 0 Å². The summed E-state index contributed by atoms with van der Waals surface area (Å²) in [5, 5.41) is 4.35. The van der Waals surface area contributed by atoms with E-state index in [1.165, 1.54) is 11.4 Å². The average Bonchev–Trinajstić information content (AvgIpc) is 2.30. The van der Waals surface area contributed by atoms with Crippen molar-refractivity contribution in [2.45, 2.75) is 0 Å². The third-order valence-electron chi connectivity index (χ3n) is 2.79. The maximum absolute atomic E-state index is 4.35. The van der Waals surface area contributed by atoms with Crippen LogP contribution in [-0.2, 0) is 0 Å². The summed E-state index contributed by atoms with van der Waals surface area (Å²) in [6, 6.07) is 8.73. The van der Waals surface area contributed by atoms with Gasteiger partial charge in [0.05, 0.1) is 0 Å². The van der Waals surface area contributed by atoms with Crippen LogP contribution < -0.4 is 15.1 Å². The van der Waals surface area contributed by atoms with Crippen LogP contribution >= 0.6 is 0 Å². The predicted octanol–water partition coefficient (Wildman–Crippen LogP) is 1.18. The van der Waals surface area contributed by atoms with Gasteiger partial charge in [0.15, 0.2) is 0 Å². The summed E-state index contributed by atoms with van der Waals surface area (Å²) >= 11 is 0. The fourth-order valence-electron chi connectivity index (χ4n) is 1.83. The summed E-state index contributed by atoms with van der Waals surface area (Å²) in [7, 11) is 4.13. The lowest BCUT2D eigenvalue weighted by atomic mass is 10.2. The lowest BCUT2D eigenvalue weighted by Crippen LogP contribution is -2.40. The van der Waals surface area contributed by atoms with E-state index in [0.29, 0.717) is 0 Å². The van der Waals surface area contributed by atoms with E-state index in [2.05, 4.69) is 53.5 Å². The summed E-state index contributed by atoms with van der Waals surface area (Å²) in [4.78, 5) is 4.52. The molecule has 3 nitrogen and oxygen atoms in total. The molecule has 1 aromatic rings. The molecule has 1 aliphatic heterocycles. The summed E-state index contributed by atoms with van der Waals surface area (Å²) in [6.45, 7) is 4.05. The molecule has 0 amide bonds. The van der Waals surface area contributed by atoms with Crippen LogP contribution in [-0.4, -0.2) is 40.3 Å². The van der Waals surface area contributed by atoms with Gasteiger partial charge in [0.1, 0.15) is 0 Å². The summed E-state index contributed by atoms with van der Waals surface area (Å²) < 4.78 is 0. The predicted molar refractivity (Wildman–Crippen MR) is 64.9 cm³/mol. The van der Waals surface area contributed by atoms with Crippen LogP contribution in [0.2, 0.25) is 0 Å². The molecule has 1 aliphatic rings. The third kappa shape index (κ3) is 2.42. The second-order valence-corrected chi connectivity index (χ2v) is 4.07. The molecule has 0 saturated carbocycles. The largest absolute Gasteiger partial charge is 0.378 e. The molecule has 1 saturated heterocycles. The van der Waals surface area contributed by atoms with Gasteiger partial charge < -0.3 is 9.80 Å². The van der Waals surface area contributed by atoms with E-state index in [0.717, 1.165) is 26.2 Å². The maximum Gasteiger partial charge on any atom is 0.0368 e. The standard InChI is InChI=1S/C12H18N3/c1-14(2)11-3-5-12(6-4-11)15-9-7-13-8-10-15/h3-6H,7-10H2,1-2H3. The Balaban J connectivity index is 2.08. The first kappa shape index (κ1) is 10.3. The fourth-order valence-corrected chi connectivity index (χ4v) is 1.83. The minimum absolute atomic E-state index is 0.968. The zero-order valence-corrected chi connectivity index (χ0v) is 9.48. The van der Waals surface area contributed by atoms with Gasteiger partial charge >= 0.3 is 0 Å². The van der Waals surface area contributed by atoms with E-state index in [-0.39, 0.29) is 0 Å². The van der Waals surface area contributed by atoms with Crippen molar-refractivity contribution in [3.63, 3.8) is 0 Å². The van der Waals surface area contributed by atoms with Crippen LogP contribution in [0.4, 0.5) is 11.4 Å². The van der Waals surface area contributed by atoms with Crippen molar-refractivity contribution < 1.29 is 0 Å². The maximum atomic E-state index is 4.35. The molecule has 0 aliphatic carbocycles. The first-order valence-corrected chi connectivity index (χ1v) is 5.43. The molecule has 0 spiro atoms. The number of rotatable bonds is 2. The van der Waals surface area contributed by atoms with Gasteiger partial charge in [-0.25, -0.2) is 5.32 Å². The normalized spacial score (nSPS) is 16.5. The van der Waals surface area contributed by atoms with Gasteiger partial charge in [0.25, 0.3) is 0 Å². The molecule has 1 heterocycles. The second kappa shape index (κ2) is 4.53. The molecule has 2 rings (SSSR count). The molecule has 0 unspecified atom stereocenters. The average molecular weight is 204 g/mol. The van der Waals surface area contributed by atoms with Crippen molar-refractivity contribution in [1.29, 1.82) is 0 Å². The molecule has 0 bridgehead atoms. The van der Waals surface area contributed by atoms with Crippen molar-refractivity contribution in [3.05, 3.63) is 24.3 Å². The van der Waals surface area contributed by atoms with Gasteiger partial charge in [-0.05, 0) is 24.3 Å². The van der Waals surface area contributed by atoms with Crippen molar-refractivity contribution >= 4 is 11.4 Å². The van der Waals surface area contributed by atoms with E-state index in [4.69, 9.17) is 0 Å². The number of benzene rings is 1. The molecule has 3 heteroatoms. The monoisotopic (exact) mass is 204 g/mol. The molecule has 1 aromatic carbocycles. The Kier molecular flexibility index (Phi) is 3.11. The Hall–Kier alpha value is -1.22. The highest BCUT2D eigenvalue weighted by Gasteiger charge is 2.10. The number of anilines is 2. The lowest BCUT2D eigenvalue weighted by Gasteiger charge is -2.28. The minimum Gasteiger partial charge on any atom is -0.378 e. The van der Waals surface area contributed by atoms with Crippen molar-refractivity contribution in [2.75, 3.05) is 50.1 Å². The highest BCUT2D eigenvalue weighted by Crippen LogP contribution is 2.19. The Morgan fingerprint density at radius 1 is 1.07 bits per heavy atom. The first-order chi connectivity index (χ1) is 7.27. The smallest absolute Gasteiger partial charge is 0.0368 e. The highest BCUT2D eigenvalue weighted by molar-refractivity contribution is 5.55. The number of hydrogen-bond donors (Lipinski definition) is 0. The van der Waals surface area contributed by atoms with E-state index in [9.17, 15) is 0 Å². The summed E-state index contributed by atoms with van der Waals surface area (Å²) in [6.07, 6.45) is 0. The Labute approximate surface area is 91.7 Å². The molecule has 0 N–H and O–H groups in total. The van der Waals surface area contributed by atoms with Crippen LogP contribution in [0.3, 0.4) is 0 Å². The molecular formula is C12H18N3. The van der Waals surface area contributed by atoms with Crippen LogP contribution in [0, 0.1) is 0 Å². The van der Waals surface area contributed by atoms with E-state index < -0.39 is 0 Å². The van der Waals surface area contributed by atoms with Crippen molar-refractivity contribution in [2.24, 2.45) is 0 Å². The van der Waals surface area contributed by atoms with E-state index >= 15 is 0 Å². The molecule has 81 valence electrons. The number of hydrogen-bond acceptors (Lipinski definition) is 2. The van der Waals surface area contributed by atoms with Gasteiger partial charge in [-0.1, -0.05) is 0 Å². The quantitative estimate of drug-likeness (QED) is 0.721. The SMILES string of the molecule is CN(C)c1ccc(N2CC[N]CC2)cc1. The first-order valence-electron chi connectivity index (χ1n) is 5.43. The van der Waals surface area contributed by atoms with E-state index in [1.807, 2.05) is 0 Å². The van der Waals surface area contributed by atoms with Gasteiger partial charge in [-0.15, -0.1) is 0 Å². The van der Waals surface area contributed by atoms with Crippen LogP contribution in [0.15, 0.2) is 24.3 Å². The Morgan fingerprint density at radius 2 is 1.67 bits per heavy atom. The molecular weight excluding hydrogens is 186 g/mol. The molecule has 1 fully saturated rings. The van der Waals surface area contributed by atoms with E-state index in [1.54, 1.807) is 0 Å². The lowest BCUT2D eigenvalue weighted by molar-refractivity contribution is 0.579. The minimum atomic E-state index is 0.968. The molecule has 15 heavy (non-hydrogen) atoms. The Bertz CT molecular complexity index is 299. The summed E-state index contributed by atoms with van der Waals surface area (Å²) in [5.41, 5.74) is 2.57. The molecule has 0 aromatic heterocycles. The third-order valence-corrected chi connectivity index (χ3v) is 2.79. The number of piperazine rings is 1. The zero-order chi connectivity index (χ0) is 10.7. The topological polar surface area (TPSA) is 20.6 Å². The molecule has 1 radical (unpaired) electrons. The number of nitrogens with zero attached hydrogens (tertiary/aromatic N) is 3. The van der Waals surface area contributed by atoms with Gasteiger partial charge in [0, 0.05) is 51.6 Å². The Morgan fingerprint density at radius 3 is 2.20 bits per heavy atom. The zero-order valence-electron chi connectivity index (χ0n) is 9.48.